The minimum atomic E-state index is 0.344. The van der Waals surface area contributed by atoms with E-state index in [1.165, 1.54) is 57.2 Å². The Kier molecular flexibility index (Phi) is 7.79. The average molecular weight is 831 g/mol. The number of rotatable bonds is 5. The Bertz CT molecular complexity index is 4050. The van der Waals surface area contributed by atoms with Crippen LogP contribution in [0.3, 0.4) is 0 Å². The van der Waals surface area contributed by atoms with Gasteiger partial charge in [0.2, 0.25) is 0 Å². The smallest absolute Gasteiger partial charge is 0.161 e. The van der Waals surface area contributed by atoms with E-state index in [9.17, 15) is 0 Å². The average Bonchev–Trinajstić information content (AvgIpc) is 4.08. The van der Waals surface area contributed by atoms with Crippen molar-refractivity contribution < 1.29 is 4.42 Å². The predicted octanol–water partition coefficient (Wildman–Crippen LogP) is 14.9. The Labute approximate surface area is 362 Å². The second-order valence-corrected chi connectivity index (χ2v) is 18.0. The number of aliphatic imine (C=N–C) groups is 2. The van der Waals surface area contributed by atoms with Crippen LogP contribution in [0.2, 0.25) is 0 Å². The van der Waals surface area contributed by atoms with E-state index in [0.29, 0.717) is 18.2 Å². The summed E-state index contributed by atoms with van der Waals surface area (Å²) in [6.07, 6.45) is 0. The van der Waals surface area contributed by atoms with Gasteiger partial charge < -0.3 is 14.7 Å². The van der Waals surface area contributed by atoms with E-state index in [1.54, 1.807) is 11.3 Å². The SMILES string of the molecule is N/C(=N\C(=N/Cc1cc2sc3ccccc3c2cc1-n1c2ccccc2c2cc3ccccc3cc21)c1cccc2c1oc1ccccc12)c1cccc2c1sc1ccccc12. The van der Waals surface area contributed by atoms with E-state index < -0.39 is 0 Å². The van der Waals surface area contributed by atoms with Crippen LogP contribution in [0.25, 0.3) is 101 Å². The third-order valence-electron chi connectivity index (χ3n) is 12.3. The van der Waals surface area contributed by atoms with Crippen LogP contribution in [0.1, 0.15) is 16.7 Å². The van der Waals surface area contributed by atoms with Gasteiger partial charge in [-0.1, -0.05) is 121 Å². The fraction of sp³-hybridized carbons (Fsp3) is 0.0182. The molecule has 2 N–H and O–H groups in total. The van der Waals surface area contributed by atoms with Gasteiger partial charge in [-0.15, -0.1) is 22.7 Å². The van der Waals surface area contributed by atoms with Gasteiger partial charge in [0.15, 0.2) is 5.84 Å². The lowest BCUT2D eigenvalue weighted by Gasteiger charge is -2.14. The molecule has 4 heterocycles. The van der Waals surface area contributed by atoms with Crippen LogP contribution in [0.5, 0.6) is 0 Å². The molecule has 0 spiro atoms. The van der Waals surface area contributed by atoms with Crippen LogP contribution in [0.15, 0.2) is 196 Å². The molecule has 292 valence electrons. The van der Waals surface area contributed by atoms with Gasteiger partial charge in [-0.05, 0) is 77.0 Å². The van der Waals surface area contributed by atoms with Crippen molar-refractivity contribution in [2.24, 2.45) is 15.7 Å². The van der Waals surface area contributed by atoms with Gasteiger partial charge in [0, 0.05) is 67.5 Å². The summed E-state index contributed by atoms with van der Waals surface area (Å²) in [7, 11) is 0. The Morgan fingerprint density at radius 2 is 1.15 bits per heavy atom. The summed E-state index contributed by atoms with van der Waals surface area (Å²) in [4.78, 5) is 10.8. The van der Waals surface area contributed by atoms with Gasteiger partial charge >= 0.3 is 0 Å². The maximum absolute atomic E-state index is 7.15. The summed E-state index contributed by atoms with van der Waals surface area (Å²) >= 11 is 3.56. The highest BCUT2D eigenvalue weighted by atomic mass is 32.1. The summed E-state index contributed by atoms with van der Waals surface area (Å²) in [5.74, 6) is 0.921. The van der Waals surface area contributed by atoms with Gasteiger partial charge in [0.1, 0.15) is 17.0 Å². The summed E-state index contributed by atoms with van der Waals surface area (Å²) in [6, 6.07) is 64.6. The maximum Gasteiger partial charge on any atom is 0.161 e. The highest BCUT2D eigenvalue weighted by Crippen LogP contribution is 2.41. The van der Waals surface area contributed by atoms with E-state index in [-0.39, 0.29) is 0 Å². The normalized spacial score (nSPS) is 12.8. The quantitative estimate of drug-likeness (QED) is 0.139. The van der Waals surface area contributed by atoms with Crippen molar-refractivity contribution in [3.8, 4) is 5.69 Å². The number of nitrogens with zero attached hydrogens (tertiary/aromatic N) is 3. The second kappa shape index (κ2) is 13.7. The fourth-order valence-corrected chi connectivity index (χ4v) is 11.8. The maximum atomic E-state index is 7.15. The van der Waals surface area contributed by atoms with Gasteiger partial charge in [-0.2, -0.15) is 0 Å². The van der Waals surface area contributed by atoms with Crippen molar-refractivity contribution in [1.82, 2.24) is 4.57 Å². The predicted molar refractivity (Wildman–Crippen MR) is 265 cm³/mol. The van der Waals surface area contributed by atoms with Crippen LogP contribution in [0, 0.1) is 0 Å². The van der Waals surface area contributed by atoms with Gasteiger partial charge in [-0.3, -0.25) is 4.99 Å². The molecule has 7 heteroatoms. The van der Waals surface area contributed by atoms with Crippen molar-refractivity contribution in [3.63, 3.8) is 0 Å². The minimum absolute atomic E-state index is 0.344. The van der Waals surface area contributed by atoms with Crippen molar-refractivity contribution >= 4 is 129 Å². The van der Waals surface area contributed by atoms with Crippen molar-refractivity contribution in [2.45, 2.75) is 6.54 Å². The molecule has 13 aromatic rings. The lowest BCUT2D eigenvalue weighted by molar-refractivity contribution is 0.668. The molecular formula is C55H34N4OS2. The number of hydrogen-bond acceptors (Lipinski definition) is 4. The summed E-state index contributed by atoms with van der Waals surface area (Å²) < 4.78 is 13.9. The van der Waals surface area contributed by atoms with E-state index in [0.717, 1.165) is 60.0 Å². The molecule has 62 heavy (non-hydrogen) atoms. The molecule has 0 radical (unpaired) electrons. The molecule has 0 aliphatic heterocycles. The highest BCUT2D eigenvalue weighted by Gasteiger charge is 2.21. The standard InChI is InChI=1S/C55H34N4OS2/c56-54(42-22-12-20-40-37-17-5-10-26-50(37)62-53(40)42)58-55(41-21-11-19-39-36-16-4-8-24-48(36)60-52(39)41)57-31-34-29-51-44(38-18-6-9-25-49(38)61-51)30-46(34)59-45-23-7-3-15-35(45)43-27-32-13-1-2-14-33(32)28-47(43)59/h1-30H,31H2,(H2,56,57,58). The number of nitrogens with two attached hydrogens (primary N) is 1. The summed E-state index contributed by atoms with van der Waals surface area (Å²) in [6.45, 7) is 0.344. The highest BCUT2D eigenvalue weighted by molar-refractivity contribution is 7.26. The number of thiophene rings is 2. The molecule has 0 saturated heterocycles. The topological polar surface area (TPSA) is 68.8 Å². The summed E-state index contributed by atoms with van der Waals surface area (Å²) in [5.41, 5.74) is 14.8. The van der Waals surface area contributed by atoms with Crippen molar-refractivity contribution in [2.75, 3.05) is 0 Å². The van der Waals surface area contributed by atoms with Crippen molar-refractivity contribution in [1.29, 1.82) is 0 Å². The monoisotopic (exact) mass is 830 g/mol. The van der Waals surface area contributed by atoms with E-state index >= 15 is 0 Å². The lowest BCUT2D eigenvalue weighted by atomic mass is 10.1. The van der Waals surface area contributed by atoms with Gasteiger partial charge in [-0.25, -0.2) is 4.99 Å². The first-order valence-electron chi connectivity index (χ1n) is 20.7. The Hall–Kier alpha value is -7.58. The van der Waals surface area contributed by atoms with Gasteiger partial charge in [0.05, 0.1) is 28.8 Å². The zero-order chi connectivity index (χ0) is 40.9. The van der Waals surface area contributed by atoms with Crippen LogP contribution < -0.4 is 5.73 Å². The molecule has 0 aliphatic rings. The number of aromatic nitrogens is 1. The number of hydrogen-bond donors (Lipinski definition) is 1. The number of amidine groups is 2. The molecule has 0 amide bonds. The first-order valence-corrected chi connectivity index (χ1v) is 22.3. The third-order valence-corrected chi connectivity index (χ3v) is 14.7. The van der Waals surface area contributed by atoms with Crippen LogP contribution in [-0.4, -0.2) is 16.2 Å². The number of furan rings is 1. The fourth-order valence-electron chi connectivity index (χ4n) is 9.44. The lowest BCUT2D eigenvalue weighted by Crippen LogP contribution is -2.17. The molecule has 0 saturated carbocycles. The van der Waals surface area contributed by atoms with E-state index in [2.05, 4.69) is 168 Å². The van der Waals surface area contributed by atoms with Crippen LogP contribution in [-0.2, 0) is 6.54 Å². The second-order valence-electron chi connectivity index (χ2n) is 15.8. The van der Waals surface area contributed by atoms with Crippen molar-refractivity contribution in [3.05, 3.63) is 199 Å². The first kappa shape index (κ1) is 35.2. The molecule has 0 atom stereocenters. The van der Waals surface area contributed by atoms with Crippen LogP contribution in [0.4, 0.5) is 0 Å². The Morgan fingerprint density at radius 3 is 1.98 bits per heavy atom. The third kappa shape index (κ3) is 5.39. The molecule has 0 bridgehead atoms. The zero-order valence-electron chi connectivity index (χ0n) is 33.2. The Morgan fingerprint density at radius 1 is 0.500 bits per heavy atom. The summed E-state index contributed by atoms with van der Waals surface area (Å²) in [5, 5.41) is 11.8. The largest absolute Gasteiger partial charge is 0.455 e. The number of fused-ring (bicyclic) bond motifs is 13. The molecule has 0 fully saturated rings. The molecule has 0 unspecified atom stereocenters. The molecule has 13 rings (SSSR count). The first-order chi connectivity index (χ1) is 30.6. The molecular weight excluding hydrogens is 797 g/mol. The van der Waals surface area contributed by atoms with E-state index in [4.69, 9.17) is 20.1 Å². The molecule has 5 nitrogen and oxygen atoms in total. The molecule has 9 aromatic carbocycles. The number of benzene rings is 9. The molecule has 4 aromatic heterocycles. The van der Waals surface area contributed by atoms with Gasteiger partial charge in [0.25, 0.3) is 0 Å². The Balaban J connectivity index is 1.07. The minimum Gasteiger partial charge on any atom is -0.455 e. The zero-order valence-corrected chi connectivity index (χ0v) is 34.8. The van der Waals surface area contributed by atoms with E-state index in [1.807, 2.05) is 29.5 Å². The van der Waals surface area contributed by atoms with Crippen LogP contribution >= 0.6 is 22.7 Å². The number of para-hydroxylation sites is 3. The molecule has 0 aliphatic carbocycles.